The second-order valence-electron chi connectivity index (χ2n) is 6.00. The molecular formula is C14H21F3N2O2S. The maximum atomic E-state index is 12.2. The number of pyridine rings is 1. The number of ether oxygens (including phenoxy) is 1. The Bertz CT molecular complexity index is 542. The standard InChI is InChI=1S/C14H21F3N2O2S/c1-9-6-11(10(2)19-22(20)13(3,4)5)7-12(18-9)21-8-14(15,16)17/h6-7,10,19H,8H2,1-5H3. The van der Waals surface area contributed by atoms with Gasteiger partial charge in [0.15, 0.2) is 6.61 Å². The summed E-state index contributed by atoms with van der Waals surface area (Å²) in [6.07, 6.45) is -4.41. The molecule has 4 nitrogen and oxygen atoms in total. The van der Waals surface area contributed by atoms with Crippen LogP contribution in [0.4, 0.5) is 13.2 Å². The quantitative estimate of drug-likeness (QED) is 0.895. The summed E-state index contributed by atoms with van der Waals surface area (Å²) in [7, 11) is -1.29. The summed E-state index contributed by atoms with van der Waals surface area (Å²) in [4.78, 5) is 3.92. The van der Waals surface area contributed by atoms with Crippen molar-refractivity contribution in [2.24, 2.45) is 0 Å². The maximum Gasteiger partial charge on any atom is 0.422 e. The van der Waals surface area contributed by atoms with Gasteiger partial charge in [-0.3, -0.25) is 0 Å². The Hall–Kier alpha value is -1.15. The number of halogens is 3. The van der Waals surface area contributed by atoms with E-state index in [2.05, 4.69) is 14.4 Å². The molecule has 2 unspecified atom stereocenters. The molecule has 0 aliphatic rings. The van der Waals surface area contributed by atoms with Gasteiger partial charge in [-0.05, 0) is 46.2 Å². The van der Waals surface area contributed by atoms with E-state index in [-0.39, 0.29) is 11.9 Å². The van der Waals surface area contributed by atoms with Crippen molar-refractivity contribution in [1.29, 1.82) is 0 Å². The predicted octanol–water partition coefficient (Wildman–Crippen LogP) is 3.44. The predicted molar refractivity (Wildman–Crippen MR) is 80.0 cm³/mol. The number of alkyl halides is 3. The van der Waals surface area contributed by atoms with Crippen LogP contribution in [0.5, 0.6) is 5.88 Å². The molecule has 22 heavy (non-hydrogen) atoms. The van der Waals surface area contributed by atoms with E-state index in [0.29, 0.717) is 11.3 Å². The van der Waals surface area contributed by atoms with Crippen LogP contribution in [0.2, 0.25) is 0 Å². The van der Waals surface area contributed by atoms with Gasteiger partial charge in [-0.2, -0.15) is 13.2 Å². The lowest BCUT2D eigenvalue weighted by Gasteiger charge is -2.22. The first-order valence-corrected chi connectivity index (χ1v) is 7.89. The van der Waals surface area contributed by atoms with Gasteiger partial charge in [0.1, 0.15) is 0 Å². The Morgan fingerprint density at radius 3 is 2.41 bits per heavy atom. The fraction of sp³-hybridized carbons (Fsp3) is 0.643. The number of rotatable bonds is 5. The fourth-order valence-electron chi connectivity index (χ4n) is 1.55. The third-order valence-corrected chi connectivity index (χ3v) is 4.36. The first kappa shape index (κ1) is 18.9. The Balaban J connectivity index is 2.86. The van der Waals surface area contributed by atoms with E-state index in [1.165, 1.54) is 6.07 Å². The van der Waals surface area contributed by atoms with Crippen LogP contribution in [0.3, 0.4) is 0 Å². The van der Waals surface area contributed by atoms with E-state index in [1.807, 2.05) is 20.8 Å². The lowest BCUT2D eigenvalue weighted by molar-refractivity contribution is -0.154. The van der Waals surface area contributed by atoms with Crippen molar-refractivity contribution < 1.29 is 22.1 Å². The van der Waals surface area contributed by atoms with Crippen LogP contribution in [0.25, 0.3) is 0 Å². The molecular weight excluding hydrogens is 317 g/mol. The van der Waals surface area contributed by atoms with Crippen molar-refractivity contribution in [3.63, 3.8) is 0 Å². The summed E-state index contributed by atoms with van der Waals surface area (Å²) in [5.41, 5.74) is 1.20. The van der Waals surface area contributed by atoms with Crippen LogP contribution in [-0.4, -0.2) is 26.7 Å². The molecule has 1 aromatic rings. The maximum absolute atomic E-state index is 12.2. The zero-order chi connectivity index (χ0) is 17.1. The molecule has 1 heterocycles. The normalized spacial score (nSPS) is 15.5. The van der Waals surface area contributed by atoms with Gasteiger partial charge in [-0.1, -0.05) is 0 Å². The number of hydrogen-bond acceptors (Lipinski definition) is 3. The molecule has 1 N–H and O–H groups in total. The fourth-order valence-corrected chi connectivity index (χ4v) is 2.36. The minimum atomic E-state index is -4.41. The Kier molecular flexibility index (Phi) is 5.97. The smallest absolute Gasteiger partial charge is 0.422 e. The molecule has 0 radical (unpaired) electrons. The first-order chi connectivity index (χ1) is 9.88. The molecule has 0 aromatic carbocycles. The lowest BCUT2D eigenvalue weighted by Crippen LogP contribution is -2.34. The van der Waals surface area contributed by atoms with E-state index in [9.17, 15) is 17.4 Å². The summed E-state index contributed by atoms with van der Waals surface area (Å²) in [6, 6.07) is 2.84. The Morgan fingerprint density at radius 1 is 1.32 bits per heavy atom. The molecule has 0 aliphatic heterocycles. The zero-order valence-electron chi connectivity index (χ0n) is 13.2. The van der Waals surface area contributed by atoms with Crippen molar-refractivity contribution in [3.8, 4) is 5.88 Å². The molecule has 126 valence electrons. The molecule has 0 aliphatic carbocycles. The van der Waals surface area contributed by atoms with Gasteiger partial charge in [-0.25, -0.2) is 13.9 Å². The molecule has 0 fully saturated rings. The van der Waals surface area contributed by atoms with Crippen LogP contribution in [0.15, 0.2) is 12.1 Å². The van der Waals surface area contributed by atoms with Crippen molar-refractivity contribution in [1.82, 2.24) is 9.71 Å². The van der Waals surface area contributed by atoms with Gasteiger partial charge < -0.3 is 4.74 Å². The van der Waals surface area contributed by atoms with Gasteiger partial charge in [0, 0.05) is 17.8 Å². The van der Waals surface area contributed by atoms with Gasteiger partial charge in [0.25, 0.3) is 0 Å². The van der Waals surface area contributed by atoms with Crippen LogP contribution < -0.4 is 9.46 Å². The highest BCUT2D eigenvalue weighted by atomic mass is 32.2. The summed E-state index contributed by atoms with van der Waals surface area (Å²) < 4.78 is 55.8. The number of nitrogens with one attached hydrogen (secondary N) is 1. The molecule has 1 aromatic heterocycles. The lowest BCUT2D eigenvalue weighted by atomic mass is 10.1. The van der Waals surface area contributed by atoms with Gasteiger partial charge >= 0.3 is 6.18 Å². The average molecular weight is 338 g/mol. The molecule has 0 saturated heterocycles. The zero-order valence-corrected chi connectivity index (χ0v) is 14.1. The van der Waals surface area contributed by atoms with Crippen LogP contribution in [0.1, 0.15) is 45.0 Å². The largest absolute Gasteiger partial charge is 0.468 e. The molecule has 0 amide bonds. The van der Waals surface area contributed by atoms with Gasteiger partial charge in [0.2, 0.25) is 5.88 Å². The summed E-state index contributed by atoms with van der Waals surface area (Å²) in [5.74, 6) is -0.0949. The highest BCUT2D eigenvalue weighted by Crippen LogP contribution is 2.23. The van der Waals surface area contributed by atoms with Crippen LogP contribution in [0, 0.1) is 6.92 Å². The topological polar surface area (TPSA) is 51.2 Å². The van der Waals surface area contributed by atoms with Crippen molar-refractivity contribution in [2.45, 2.75) is 51.6 Å². The van der Waals surface area contributed by atoms with E-state index < -0.39 is 28.5 Å². The monoisotopic (exact) mass is 338 g/mol. The van der Waals surface area contributed by atoms with E-state index in [4.69, 9.17) is 0 Å². The second kappa shape index (κ2) is 6.95. The third kappa shape index (κ3) is 6.31. The summed E-state index contributed by atoms with van der Waals surface area (Å²) >= 11 is 0. The first-order valence-electron chi connectivity index (χ1n) is 6.74. The van der Waals surface area contributed by atoms with Crippen LogP contribution in [-0.2, 0) is 11.0 Å². The minimum absolute atomic E-state index is 0.0949. The van der Waals surface area contributed by atoms with Crippen molar-refractivity contribution >= 4 is 11.0 Å². The highest BCUT2D eigenvalue weighted by Gasteiger charge is 2.29. The van der Waals surface area contributed by atoms with E-state index in [0.717, 1.165) is 0 Å². The third-order valence-electron chi connectivity index (χ3n) is 2.68. The number of aryl methyl sites for hydroxylation is 1. The number of nitrogens with zero attached hydrogens (tertiary/aromatic N) is 1. The number of hydrogen-bond donors (Lipinski definition) is 1. The highest BCUT2D eigenvalue weighted by molar-refractivity contribution is 7.84. The summed E-state index contributed by atoms with van der Waals surface area (Å²) in [6.45, 7) is 7.55. The molecule has 8 heteroatoms. The van der Waals surface area contributed by atoms with E-state index in [1.54, 1.807) is 19.9 Å². The summed E-state index contributed by atoms with van der Waals surface area (Å²) in [5, 5.41) is 0. The molecule has 0 spiro atoms. The average Bonchev–Trinajstić information content (AvgIpc) is 2.33. The van der Waals surface area contributed by atoms with Crippen LogP contribution >= 0.6 is 0 Å². The Labute approximate surface area is 131 Å². The van der Waals surface area contributed by atoms with Crippen molar-refractivity contribution in [2.75, 3.05) is 6.61 Å². The molecule has 0 saturated carbocycles. The molecule has 1 rings (SSSR count). The van der Waals surface area contributed by atoms with Gasteiger partial charge in [0.05, 0.1) is 15.7 Å². The SMILES string of the molecule is Cc1cc(C(C)NS(=O)C(C)(C)C)cc(OCC(F)(F)F)n1. The van der Waals surface area contributed by atoms with E-state index >= 15 is 0 Å². The van der Waals surface area contributed by atoms with Gasteiger partial charge in [-0.15, -0.1) is 0 Å². The van der Waals surface area contributed by atoms with Crippen molar-refractivity contribution in [3.05, 3.63) is 23.4 Å². The Morgan fingerprint density at radius 2 is 1.91 bits per heavy atom. The minimum Gasteiger partial charge on any atom is -0.468 e. The molecule has 2 atom stereocenters. The molecule has 0 bridgehead atoms. The number of aromatic nitrogens is 1. The second-order valence-corrected chi connectivity index (χ2v) is 8.00.